The normalized spacial score (nSPS) is 20.4. The Morgan fingerprint density at radius 1 is 1.38 bits per heavy atom. The number of hydrogen-bond donors (Lipinski definition) is 1. The van der Waals surface area contributed by atoms with Crippen LogP contribution in [0.4, 0.5) is 0 Å². The monoisotopic (exact) mass is 290 g/mol. The van der Waals surface area contributed by atoms with Gasteiger partial charge in [0.1, 0.15) is 6.04 Å². The van der Waals surface area contributed by atoms with Crippen molar-refractivity contribution in [3.63, 3.8) is 0 Å². The highest BCUT2D eigenvalue weighted by atomic mass is 16.5. The lowest BCUT2D eigenvalue weighted by atomic mass is 10.0. The van der Waals surface area contributed by atoms with Gasteiger partial charge in [0.2, 0.25) is 0 Å². The topological polar surface area (TPSA) is 41.6 Å². The molecule has 1 aliphatic heterocycles. The van der Waals surface area contributed by atoms with Crippen molar-refractivity contribution in [2.24, 2.45) is 5.92 Å². The van der Waals surface area contributed by atoms with E-state index < -0.39 is 0 Å². The molecule has 4 heteroatoms. The van der Waals surface area contributed by atoms with Crippen LogP contribution in [0.25, 0.3) is 0 Å². The summed E-state index contributed by atoms with van der Waals surface area (Å²) in [5.74, 6) is 0.430. The van der Waals surface area contributed by atoms with Crippen LogP contribution in [0.5, 0.6) is 0 Å². The quantitative estimate of drug-likeness (QED) is 0.782. The third-order valence-corrected chi connectivity index (χ3v) is 4.08. The summed E-state index contributed by atoms with van der Waals surface area (Å²) in [5.41, 5.74) is 0.973. The first-order valence-electron chi connectivity index (χ1n) is 7.91. The highest BCUT2D eigenvalue weighted by Gasteiger charge is 2.25. The lowest BCUT2D eigenvalue weighted by Crippen LogP contribution is -2.34. The number of likely N-dealkylation sites (tertiary alicyclic amines) is 1. The molecule has 1 aromatic carbocycles. The Hall–Kier alpha value is -1.39. The molecule has 1 aliphatic rings. The van der Waals surface area contributed by atoms with Gasteiger partial charge in [-0.3, -0.25) is 0 Å². The Labute approximate surface area is 127 Å². The maximum absolute atomic E-state index is 12.2. The second-order valence-electron chi connectivity index (χ2n) is 5.55. The molecule has 2 atom stereocenters. The number of nitrogens with one attached hydrogen (secondary N) is 1. The fourth-order valence-corrected chi connectivity index (χ4v) is 2.86. The van der Waals surface area contributed by atoms with Crippen molar-refractivity contribution >= 4 is 5.97 Å². The molecule has 1 fully saturated rings. The zero-order chi connectivity index (χ0) is 15.1. The van der Waals surface area contributed by atoms with Crippen molar-refractivity contribution in [2.45, 2.75) is 26.3 Å². The lowest BCUT2D eigenvalue weighted by molar-refractivity contribution is -0.145. The standard InChI is InChI=1S/C17H26N2O2/c1-3-19-11-10-14(13-19)12-18-16(17(20)21-4-2)15-8-6-5-7-9-15/h5-9,14,16,18H,3-4,10-13H2,1-2H3. The van der Waals surface area contributed by atoms with E-state index in [4.69, 9.17) is 4.74 Å². The van der Waals surface area contributed by atoms with Crippen molar-refractivity contribution in [3.05, 3.63) is 35.9 Å². The number of nitrogens with zero attached hydrogens (tertiary/aromatic N) is 1. The van der Waals surface area contributed by atoms with Gasteiger partial charge in [-0.05, 0) is 37.9 Å². The molecule has 1 N–H and O–H groups in total. The van der Waals surface area contributed by atoms with Crippen molar-refractivity contribution in [2.75, 3.05) is 32.8 Å². The summed E-state index contributed by atoms with van der Waals surface area (Å²) in [4.78, 5) is 14.6. The molecule has 0 amide bonds. The van der Waals surface area contributed by atoms with Crippen LogP contribution < -0.4 is 5.32 Å². The second kappa shape index (κ2) is 8.15. The van der Waals surface area contributed by atoms with Gasteiger partial charge in [0.25, 0.3) is 0 Å². The third kappa shape index (κ3) is 4.55. The van der Waals surface area contributed by atoms with Gasteiger partial charge in [-0.15, -0.1) is 0 Å². The van der Waals surface area contributed by atoms with Crippen LogP contribution in [-0.2, 0) is 9.53 Å². The van der Waals surface area contributed by atoms with Gasteiger partial charge >= 0.3 is 5.97 Å². The first kappa shape index (κ1) is 16.0. The summed E-state index contributed by atoms with van der Waals surface area (Å²) in [6.45, 7) is 8.70. The van der Waals surface area contributed by atoms with E-state index in [1.807, 2.05) is 37.3 Å². The highest BCUT2D eigenvalue weighted by Crippen LogP contribution is 2.18. The van der Waals surface area contributed by atoms with Gasteiger partial charge in [0.05, 0.1) is 6.61 Å². The summed E-state index contributed by atoms with van der Waals surface area (Å²) in [5, 5.41) is 3.41. The van der Waals surface area contributed by atoms with E-state index >= 15 is 0 Å². The van der Waals surface area contributed by atoms with Crippen LogP contribution in [0.3, 0.4) is 0 Å². The molecular weight excluding hydrogens is 264 g/mol. The summed E-state index contributed by atoms with van der Waals surface area (Å²) in [6.07, 6.45) is 1.20. The molecule has 1 saturated heterocycles. The predicted octanol–water partition coefficient (Wildman–Crippen LogP) is 2.22. The minimum atomic E-state index is -0.359. The van der Waals surface area contributed by atoms with Gasteiger partial charge < -0.3 is 15.0 Å². The van der Waals surface area contributed by atoms with Gasteiger partial charge in [0, 0.05) is 13.1 Å². The van der Waals surface area contributed by atoms with Crippen LogP contribution in [0.1, 0.15) is 31.9 Å². The molecule has 2 rings (SSSR count). The maximum Gasteiger partial charge on any atom is 0.327 e. The van der Waals surface area contributed by atoms with E-state index in [2.05, 4.69) is 17.1 Å². The van der Waals surface area contributed by atoms with Crippen LogP contribution in [-0.4, -0.2) is 43.7 Å². The number of hydrogen-bond acceptors (Lipinski definition) is 4. The predicted molar refractivity (Wildman–Crippen MR) is 84.0 cm³/mol. The van der Waals surface area contributed by atoms with Crippen LogP contribution in [0, 0.1) is 5.92 Å². The van der Waals surface area contributed by atoms with E-state index in [0.29, 0.717) is 12.5 Å². The molecule has 21 heavy (non-hydrogen) atoms. The minimum Gasteiger partial charge on any atom is -0.465 e. The molecule has 1 aromatic rings. The molecule has 0 radical (unpaired) electrons. The average molecular weight is 290 g/mol. The fourth-order valence-electron chi connectivity index (χ4n) is 2.86. The van der Waals surface area contributed by atoms with E-state index in [0.717, 1.165) is 31.7 Å². The number of carbonyl (C=O) groups is 1. The number of rotatable bonds is 7. The SMILES string of the molecule is CCOC(=O)C(NCC1CCN(CC)C1)c1ccccc1. The minimum absolute atomic E-state index is 0.186. The van der Waals surface area contributed by atoms with Crippen molar-refractivity contribution in [1.29, 1.82) is 0 Å². The van der Waals surface area contributed by atoms with Gasteiger partial charge in [-0.25, -0.2) is 4.79 Å². The largest absolute Gasteiger partial charge is 0.465 e. The molecule has 0 aliphatic carbocycles. The first-order chi connectivity index (χ1) is 10.2. The Kier molecular flexibility index (Phi) is 6.21. The Balaban J connectivity index is 1.95. The molecule has 0 aromatic heterocycles. The molecular formula is C17H26N2O2. The summed E-state index contributed by atoms with van der Waals surface area (Å²) in [6, 6.07) is 9.46. The molecule has 4 nitrogen and oxygen atoms in total. The summed E-state index contributed by atoms with van der Waals surface area (Å²) >= 11 is 0. The van der Waals surface area contributed by atoms with Gasteiger partial charge in [-0.1, -0.05) is 37.3 Å². The number of ether oxygens (including phenoxy) is 1. The van der Waals surface area contributed by atoms with E-state index in [-0.39, 0.29) is 12.0 Å². The number of carbonyl (C=O) groups excluding carboxylic acids is 1. The Bertz CT molecular complexity index is 436. The molecule has 1 heterocycles. The van der Waals surface area contributed by atoms with E-state index in [1.54, 1.807) is 0 Å². The van der Waals surface area contributed by atoms with E-state index in [9.17, 15) is 4.79 Å². The van der Waals surface area contributed by atoms with Crippen molar-refractivity contribution in [3.8, 4) is 0 Å². The van der Waals surface area contributed by atoms with Crippen molar-refractivity contribution in [1.82, 2.24) is 10.2 Å². The van der Waals surface area contributed by atoms with Crippen LogP contribution in [0.15, 0.2) is 30.3 Å². The third-order valence-electron chi connectivity index (χ3n) is 4.08. The second-order valence-corrected chi connectivity index (χ2v) is 5.55. The van der Waals surface area contributed by atoms with Crippen LogP contribution in [0.2, 0.25) is 0 Å². The molecule has 0 bridgehead atoms. The molecule has 0 saturated carbocycles. The van der Waals surface area contributed by atoms with Crippen LogP contribution >= 0.6 is 0 Å². The number of esters is 1. The molecule has 0 spiro atoms. The molecule has 2 unspecified atom stereocenters. The van der Waals surface area contributed by atoms with E-state index in [1.165, 1.54) is 6.42 Å². The molecule has 116 valence electrons. The van der Waals surface area contributed by atoms with Gasteiger partial charge in [0.15, 0.2) is 0 Å². The zero-order valence-corrected chi connectivity index (χ0v) is 13.0. The highest BCUT2D eigenvalue weighted by molar-refractivity contribution is 5.77. The average Bonchev–Trinajstić information content (AvgIpc) is 2.97. The Morgan fingerprint density at radius 3 is 2.76 bits per heavy atom. The zero-order valence-electron chi connectivity index (χ0n) is 13.0. The summed E-state index contributed by atoms with van der Waals surface area (Å²) in [7, 11) is 0. The lowest BCUT2D eigenvalue weighted by Gasteiger charge is -2.20. The Morgan fingerprint density at radius 2 is 2.14 bits per heavy atom. The fraction of sp³-hybridized carbons (Fsp3) is 0.588. The maximum atomic E-state index is 12.2. The smallest absolute Gasteiger partial charge is 0.327 e. The summed E-state index contributed by atoms with van der Waals surface area (Å²) < 4.78 is 5.20. The van der Waals surface area contributed by atoms with Gasteiger partial charge in [-0.2, -0.15) is 0 Å². The van der Waals surface area contributed by atoms with Crippen molar-refractivity contribution < 1.29 is 9.53 Å². The number of benzene rings is 1. The first-order valence-corrected chi connectivity index (χ1v) is 7.91.